The summed E-state index contributed by atoms with van der Waals surface area (Å²) in [5.41, 5.74) is 3.05. The van der Waals surface area contributed by atoms with Crippen molar-refractivity contribution in [2.45, 2.75) is 19.3 Å². The van der Waals surface area contributed by atoms with Crippen molar-refractivity contribution >= 4 is 18.0 Å². The van der Waals surface area contributed by atoms with Crippen LogP contribution in [0.4, 0.5) is 5.82 Å². The number of rotatable bonds is 3. The minimum atomic E-state index is 0.466. The van der Waals surface area contributed by atoms with Crippen LogP contribution in [0.1, 0.15) is 18.4 Å². The lowest BCUT2D eigenvalue weighted by Crippen LogP contribution is -2.05. The van der Waals surface area contributed by atoms with Crippen LogP contribution in [0.5, 0.6) is 11.5 Å². The van der Waals surface area contributed by atoms with Gasteiger partial charge in [-0.2, -0.15) is 0 Å². The Morgan fingerprint density at radius 3 is 2.82 bits per heavy atom. The Morgan fingerprint density at radius 1 is 1.18 bits per heavy atom. The zero-order valence-electron chi connectivity index (χ0n) is 12.7. The maximum absolute atomic E-state index is 5.51. The van der Waals surface area contributed by atoms with Gasteiger partial charge in [0.1, 0.15) is 17.3 Å². The third kappa shape index (κ3) is 2.78. The molecule has 0 fully saturated rings. The summed E-state index contributed by atoms with van der Waals surface area (Å²) in [4.78, 5) is 7.67. The molecule has 0 saturated carbocycles. The summed E-state index contributed by atoms with van der Waals surface area (Å²) < 4.78 is 11.3. The Labute approximate surface area is 134 Å². The Kier molecular flexibility index (Phi) is 4.29. The molecule has 1 aliphatic heterocycles. The average molecular weight is 317 g/mol. The van der Waals surface area contributed by atoms with Crippen LogP contribution in [0.3, 0.4) is 0 Å². The molecule has 0 atom stereocenters. The van der Waals surface area contributed by atoms with Crippen LogP contribution in [-0.4, -0.2) is 30.7 Å². The quantitative estimate of drug-likeness (QED) is 0.848. The first-order chi connectivity index (χ1) is 10.7. The number of aromatic amines is 1. The fraction of sp³-hybridized carbons (Fsp3) is 0.375. The lowest BCUT2D eigenvalue weighted by atomic mass is 10.0. The molecule has 0 amide bonds. The van der Waals surface area contributed by atoms with Gasteiger partial charge in [-0.3, -0.25) is 0 Å². The molecule has 22 heavy (non-hydrogen) atoms. The topological polar surface area (TPSA) is 59.2 Å². The molecule has 1 aromatic heterocycles. The Bertz CT molecular complexity index is 743. The molecular formula is C16H19N3O2S. The highest BCUT2D eigenvalue weighted by Gasteiger charge is 2.18. The third-order valence-electron chi connectivity index (χ3n) is 3.85. The van der Waals surface area contributed by atoms with Gasteiger partial charge in [0.05, 0.1) is 19.9 Å². The van der Waals surface area contributed by atoms with Gasteiger partial charge >= 0.3 is 0 Å². The summed E-state index contributed by atoms with van der Waals surface area (Å²) in [5, 5.41) is 3.37. The highest BCUT2D eigenvalue weighted by atomic mass is 32.1. The van der Waals surface area contributed by atoms with Gasteiger partial charge in [-0.1, -0.05) is 0 Å². The predicted octanol–water partition coefficient (Wildman–Crippen LogP) is 3.57. The smallest absolute Gasteiger partial charge is 0.199 e. The first-order valence-corrected chi connectivity index (χ1v) is 7.73. The molecule has 116 valence electrons. The molecule has 0 bridgehead atoms. The first-order valence-electron chi connectivity index (χ1n) is 7.32. The van der Waals surface area contributed by atoms with Gasteiger partial charge in [-0.05, 0) is 49.7 Å². The largest absolute Gasteiger partial charge is 0.497 e. The molecule has 1 aromatic carbocycles. The molecular weight excluding hydrogens is 298 g/mol. The maximum Gasteiger partial charge on any atom is 0.199 e. The number of anilines is 1. The van der Waals surface area contributed by atoms with E-state index < -0.39 is 0 Å². The van der Waals surface area contributed by atoms with Crippen molar-refractivity contribution in [1.82, 2.24) is 9.97 Å². The molecule has 2 aromatic rings. The molecule has 0 aliphatic carbocycles. The average Bonchev–Trinajstić information content (AvgIpc) is 2.78. The molecule has 2 N–H and O–H groups in total. The minimum Gasteiger partial charge on any atom is -0.497 e. The Balaban J connectivity index is 2.23. The Hall–Kier alpha value is -2.08. The van der Waals surface area contributed by atoms with E-state index in [1.165, 1.54) is 0 Å². The maximum atomic E-state index is 5.51. The van der Waals surface area contributed by atoms with Crippen molar-refractivity contribution in [3.05, 3.63) is 28.5 Å². The Morgan fingerprint density at radius 2 is 2.05 bits per heavy atom. The van der Waals surface area contributed by atoms with Crippen LogP contribution in [0.15, 0.2) is 18.2 Å². The molecule has 5 nitrogen and oxygen atoms in total. The number of fused-ring (bicyclic) bond motifs is 1. The number of H-pyrrole nitrogens is 1. The molecule has 0 saturated heterocycles. The molecule has 6 heteroatoms. The van der Waals surface area contributed by atoms with E-state index in [9.17, 15) is 0 Å². The van der Waals surface area contributed by atoms with E-state index in [0.717, 1.165) is 59.9 Å². The van der Waals surface area contributed by atoms with Crippen molar-refractivity contribution < 1.29 is 9.47 Å². The monoisotopic (exact) mass is 317 g/mol. The second-order valence-electron chi connectivity index (χ2n) is 5.19. The van der Waals surface area contributed by atoms with E-state index >= 15 is 0 Å². The lowest BCUT2D eigenvalue weighted by molar-refractivity contribution is 0.404. The van der Waals surface area contributed by atoms with E-state index in [-0.39, 0.29) is 0 Å². The number of methoxy groups -OCH3 is 2. The summed E-state index contributed by atoms with van der Waals surface area (Å²) >= 11 is 5.29. The second-order valence-corrected chi connectivity index (χ2v) is 5.58. The zero-order valence-corrected chi connectivity index (χ0v) is 13.5. The minimum absolute atomic E-state index is 0.466. The van der Waals surface area contributed by atoms with Crippen LogP contribution in [0.25, 0.3) is 11.3 Å². The van der Waals surface area contributed by atoms with Crippen molar-refractivity contribution in [2.75, 3.05) is 26.1 Å². The van der Waals surface area contributed by atoms with Crippen LogP contribution in [0.2, 0.25) is 0 Å². The SMILES string of the molecule is COc1ccc(OC)c(-c2[nH]c(=S)nc3c2CCCCN3)c1. The molecule has 0 radical (unpaired) electrons. The first kappa shape index (κ1) is 14.8. The predicted molar refractivity (Wildman–Crippen MR) is 89.4 cm³/mol. The van der Waals surface area contributed by atoms with E-state index in [0.29, 0.717) is 4.77 Å². The van der Waals surface area contributed by atoms with Gasteiger partial charge < -0.3 is 19.8 Å². The second kappa shape index (κ2) is 6.36. The van der Waals surface area contributed by atoms with Crippen molar-refractivity contribution in [3.63, 3.8) is 0 Å². The van der Waals surface area contributed by atoms with E-state index in [2.05, 4.69) is 15.3 Å². The standard InChI is InChI=1S/C16H19N3O2S/c1-20-10-6-7-13(21-2)12(9-10)14-11-5-3-4-8-17-15(11)19-16(22)18-14/h6-7,9H,3-5,8H2,1-2H3,(H2,17,18,19,22). The number of ether oxygens (including phenoxy) is 2. The van der Waals surface area contributed by atoms with Crippen molar-refractivity contribution in [1.29, 1.82) is 0 Å². The van der Waals surface area contributed by atoms with Crippen molar-refractivity contribution in [3.8, 4) is 22.8 Å². The number of aromatic nitrogens is 2. The summed E-state index contributed by atoms with van der Waals surface area (Å²) in [5.74, 6) is 2.44. The number of benzene rings is 1. The third-order valence-corrected chi connectivity index (χ3v) is 4.05. The van der Waals surface area contributed by atoms with Crippen LogP contribution >= 0.6 is 12.2 Å². The number of hydrogen-bond acceptors (Lipinski definition) is 5. The molecule has 2 heterocycles. The zero-order chi connectivity index (χ0) is 15.5. The van der Waals surface area contributed by atoms with E-state index in [1.807, 2.05) is 18.2 Å². The van der Waals surface area contributed by atoms with Gasteiger partial charge in [0.2, 0.25) is 0 Å². The summed E-state index contributed by atoms with van der Waals surface area (Å²) in [6.45, 7) is 0.924. The summed E-state index contributed by atoms with van der Waals surface area (Å²) in [7, 11) is 3.32. The summed E-state index contributed by atoms with van der Waals surface area (Å²) in [6.07, 6.45) is 3.19. The van der Waals surface area contributed by atoms with Gasteiger partial charge in [0.15, 0.2) is 4.77 Å². The highest BCUT2D eigenvalue weighted by Crippen LogP contribution is 2.37. The lowest BCUT2D eigenvalue weighted by Gasteiger charge is -2.15. The fourth-order valence-electron chi connectivity index (χ4n) is 2.76. The normalized spacial score (nSPS) is 13.7. The summed E-state index contributed by atoms with van der Waals surface area (Å²) in [6, 6.07) is 5.75. The van der Waals surface area contributed by atoms with Gasteiger partial charge in [-0.15, -0.1) is 0 Å². The van der Waals surface area contributed by atoms with Crippen LogP contribution in [0, 0.1) is 4.77 Å². The molecule has 0 unspecified atom stereocenters. The van der Waals surface area contributed by atoms with Crippen LogP contribution < -0.4 is 14.8 Å². The van der Waals surface area contributed by atoms with E-state index in [1.54, 1.807) is 14.2 Å². The molecule has 0 spiro atoms. The van der Waals surface area contributed by atoms with Gasteiger partial charge in [0.25, 0.3) is 0 Å². The van der Waals surface area contributed by atoms with Crippen LogP contribution in [-0.2, 0) is 6.42 Å². The molecule has 1 aliphatic rings. The fourth-order valence-corrected chi connectivity index (χ4v) is 2.95. The van der Waals surface area contributed by atoms with E-state index in [4.69, 9.17) is 21.7 Å². The molecule has 3 rings (SSSR count). The van der Waals surface area contributed by atoms with Gasteiger partial charge in [-0.25, -0.2) is 4.98 Å². The number of nitrogens with one attached hydrogen (secondary N) is 2. The van der Waals surface area contributed by atoms with Gasteiger partial charge in [0, 0.05) is 17.7 Å². The highest BCUT2D eigenvalue weighted by molar-refractivity contribution is 7.71. The number of nitrogens with zero attached hydrogens (tertiary/aromatic N) is 1. The number of hydrogen-bond donors (Lipinski definition) is 2. The van der Waals surface area contributed by atoms with Crippen molar-refractivity contribution in [2.24, 2.45) is 0 Å².